The third-order valence-electron chi connectivity index (χ3n) is 2.70. The molecule has 0 atom stereocenters. The molecular formula is C14H16IN3O2S. The summed E-state index contributed by atoms with van der Waals surface area (Å²) < 4.78 is 28.6. The van der Waals surface area contributed by atoms with Gasteiger partial charge in [0.05, 0.1) is 0 Å². The Labute approximate surface area is 138 Å². The topological polar surface area (TPSA) is 71.1 Å². The summed E-state index contributed by atoms with van der Waals surface area (Å²) >= 11 is 2.17. The van der Waals surface area contributed by atoms with E-state index in [-0.39, 0.29) is 4.90 Å². The van der Waals surface area contributed by atoms with Crippen LogP contribution in [0, 0.1) is 3.57 Å². The van der Waals surface area contributed by atoms with Gasteiger partial charge in [0, 0.05) is 22.0 Å². The highest BCUT2D eigenvalue weighted by Crippen LogP contribution is 2.22. The number of hydrogen-bond acceptors (Lipinski definition) is 4. The fourth-order valence-corrected chi connectivity index (χ4v) is 3.26. The zero-order chi connectivity index (χ0) is 15.3. The largest absolute Gasteiger partial charge is 0.369 e. The molecule has 112 valence electrons. The van der Waals surface area contributed by atoms with Gasteiger partial charge in [-0.2, -0.15) is 0 Å². The smallest absolute Gasteiger partial charge is 0.265 e. The number of sulfonamides is 1. The van der Waals surface area contributed by atoms with Crippen LogP contribution >= 0.6 is 22.6 Å². The van der Waals surface area contributed by atoms with E-state index in [0.29, 0.717) is 18.1 Å². The average molecular weight is 417 g/mol. The maximum Gasteiger partial charge on any atom is 0.265 e. The Balaban J connectivity index is 2.29. The predicted octanol–water partition coefficient (Wildman–Crippen LogP) is 3.31. The number of anilines is 2. The Kier molecular flexibility index (Phi) is 5.40. The fraction of sp³-hybridized carbons (Fsp3) is 0.214. The van der Waals surface area contributed by atoms with Crippen LogP contribution in [0.4, 0.5) is 11.5 Å². The predicted molar refractivity (Wildman–Crippen MR) is 93.0 cm³/mol. The molecule has 0 amide bonds. The van der Waals surface area contributed by atoms with E-state index in [1.165, 1.54) is 0 Å². The summed E-state index contributed by atoms with van der Waals surface area (Å²) in [7, 11) is -3.66. The molecule has 0 saturated heterocycles. The van der Waals surface area contributed by atoms with E-state index >= 15 is 0 Å². The van der Waals surface area contributed by atoms with Gasteiger partial charge in [0.1, 0.15) is 10.7 Å². The normalized spacial score (nSPS) is 11.1. The third-order valence-corrected chi connectivity index (χ3v) is 4.83. The molecule has 0 fully saturated rings. The van der Waals surface area contributed by atoms with Crippen molar-refractivity contribution in [2.45, 2.75) is 18.2 Å². The van der Waals surface area contributed by atoms with Gasteiger partial charge in [0.25, 0.3) is 10.0 Å². The van der Waals surface area contributed by atoms with Crippen molar-refractivity contribution in [3.05, 3.63) is 46.2 Å². The van der Waals surface area contributed by atoms with E-state index in [4.69, 9.17) is 0 Å². The first kappa shape index (κ1) is 16.0. The number of nitrogens with zero attached hydrogens (tertiary/aromatic N) is 1. The van der Waals surface area contributed by atoms with Gasteiger partial charge in [-0.1, -0.05) is 6.92 Å². The molecule has 0 bridgehead atoms. The summed E-state index contributed by atoms with van der Waals surface area (Å²) in [4.78, 5) is 4.26. The summed E-state index contributed by atoms with van der Waals surface area (Å²) in [6.45, 7) is 2.68. The second kappa shape index (κ2) is 7.08. The van der Waals surface area contributed by atoms with Crippen LogP contribution in [-0.2, 0) is 10.0 Å². The van der Waals surface area contributed by atoms with Gasteiger partial charge in [-0.3, -0.25) is 4.72 Å². The summed E-state index contributed by atoms with van der Waals surface area (Å²) in [6, 6.07) is 10.3. The van der Waals surface area contributed by atoms with Gasteiger partial charge in [-0.05, 0) is 65.4 Å². The molecule has 0 saturated carbocycles. The van der Waals surface area contributed by atoms with E-state index < -0.39 is 10.0 Å². The van der Waals surface area contributed by atoms with Crippen LogP contribution in [0.3, 0.4) is 0 Å². The van der Waals surface area contributed by atoms with E-state index in [0.717, 1.165) is 9.99 Å². The van der Waals surface area contributed by atoms with Crippen molar-refractivity contribution >= 4 is 44.1 Å². The molecule has 1 aromatic heterocycles. The van der Waals surface area contributed by atoms with Crippen molar-refractivity contribution in [2.24, 2.45) is 0 Å². The Morgan fingerprint density at radius 3 is 2.57 bits per heavy atom. The van der Waals surface area contributed by atoms with Gasteiger partial charge in [0.15, 0.2) is 0 Å². The maximum atomic E-state index is 12.5. The van der Waals surface area contributed by atoms with Gasteiger partial charge in [-0.15, -0.1) is 0 Å². The van der Waals surface area contributed by atoms with Gasteiger partial charge in [-0.25, -0.2) is 13.4 Å². The molecule has 7 heteroatoms. The third kappa shape index (κ3) is 4.31. The molecule has 2 rings (SSSR count). The summed E-state index contributed by atoms with van der Waals surface area (Å²) in [6.07, 6.45) is 2.46. The molecule has 2 aromatic rings. The molecule has 0 unspecified atom stereocenters. The second-order valence-corrected chi connectivity index (χ2v) is 7.29. The van der Waals surface area contributed by atoms with Crippen molar-refractivity contribution in [1.82, 2.24) is 4.98 Å². The van der Waals surface area contributed by atoms with Crippen LogP contribution in [0.15, 0.2) is 47.5 Å². The minimum Gasteiger partial charge on any atom is -0.369 e. The lowest BCUT2D eigenvalue weighted by Crippen LogP contribution is -2.16. The molecule has 0 aliphatic carbocycles. The number of aromatic nitrogens is 1. The minimum absolute atomic E-state index is 0.150. The average Bonchev–Trinajstić information content (AvgIpc) is 2.47. The zero-order valence-corrected chi connectivity index (χ0v) is 14.5. The standard InChI is InChI=1S/C14H16IN3O2S/c1-2-9-16-14-13(4-3-10-17-14)21(19,20)18-12-7-5-11(15)6-8-12/h3-8,10,18H,2,9H2,1H3,(H,16,17). The summed E-state index contributed by atoms with van der Waals surface area (Å²) in [5.41, 5.74) is 0.528. The summed E-state index contributed by atoms with van der Waals surface area (Å²) in [5.74, 6) is 0.373. The quantitative estimate of drug-likeness (QED) is 0.708. The van der Waals surface area contributed by atoms with E-state index in [1.54, 1.807) is 30.5 Å². The van der Waals surface area contributed by atoms with Crippen LogP contribution < -0.4 is 10.0 Å². The monoisotopic (exact) mass is 417 g/mol. The number of rotatable bonds is 6. The van der Waals surface area contributed by atoms with Crippen molar-refractivity contribution in [1.29, 1.82) is 0 Å². The molecule has 0 spiro atoms. The van der Waals surface area contributed by atoms with Crippen molar-refractivity contribution in [3.8, 4) is 0 Å². The second-order valence-electron chi connectivity index (χ2n) is 4.39. The van der Waals surface area contributed by atoms with Crippen LogP contribution in [0.1, 0.15) is 13.3 Å². The highest BCUT2D eigenvalue weighted by atomic mass is 127. The van der Waals surface area contributed by atoms with E-state index in [1.807, 2.05) is 19.1 Å². The first-order valence-corrected chi connectivity index (χ1v) is 9.06. The number of benzene rings is 1. The van der Waals surface area contributed by atoms with Crippen LogP contribution in [0.25, 0.3) is 0 Å². The molecule has 5 nitrogen and oxygen atoms in total. The Hall–Kier alpha value is -1.35. The van der Waals surface area contributed by atoms with E-state index in [2.05, 4.69) is 37.6 Å². The molecule has 2 N–H and O–H groups in total. The Morgan fingerprint density at radius 1 is 1.19 bits per heavy atom. The van der Waals surface area contributed by atoms with E-state index in [9.17, 15) is 8.42 Å². The van der Waals surface area contributed by atoms with Crippen molar-refractivity contribution in [3.63, 3.8) is 0 Å². The maximum absolute atomic E-state index is 12.5. The number of hydrogen-bond donors (Lipinski definition) is 2. The first-order valence-electron chi connectivity index (χ1n) is 6.50. The SMILES string of the molecule is CCCNc1ncccc1S(=O)(=O)Nc1ccc(I)cc1. The number of pyridine rings is 1. The molecular weight excluding hydrogens is 401 g/mol. The highest BCUT2D eigenvalue weighted by molar-refractivity contribution is 14.1. The molecule has 1 heterocycles. The molecule has 21 heavy (non-hydrogen) atoms. The van der Waals surface area contributed by atoms with Crippen LogP contribution in [0.2, 0.25) is 0 Å². The summed E-state index contributed by atoms with van der Waals surface area (Å²) in [5, 5.41) is 3.03. The van der Waals surface area contributed by atoms with Gasteiger partial charge in [0.2, 0.25) is 0 Å². The molecule has 0 aliphatic heterocycles. The lowest BCUT2D eigenvalue weighted by Gasteiger charge is -2.12. The molecule has 1 aromatic carbocycles. The highest BCUT2D eigenvalue weighted by Gasteiger charge is 2.19. The van der Waals surface area contributed by atoms with Crippen LogP contribution in [0.5, 0.6) is 0 Å². The number of nitrogens with one attached hydrogen (secondary N) is 2. The lowest BCUT2D eigenvalue weighted by atomic mass is 10.3. The van der Waals surface area contributed by atoms with Gasteiger partial charge >= 0.3 is 0 Å². The van der Waals surface area contributed by atoms with Crippen molar-refractivity contribution in [2.75, 3.05) is 16.6 Å². The zero-order valence-electron chi connectivity index (χ0n) is 11.5. The Morgan fingerprint density at radius 2 is 1.90 bits per heavy atom. The first-order chi connectivity index (χ1) is 10.0. The fourth-order valence-electron chi connectivity index (χ4n) is 1.71. The minimum atomic E-state index is -3.66. The van der Waals surface area contributed by atoms with Gasteiger partial charge < -0.3 is 5.32 Å². The Bertz CT molecular complexity index is 702. The molecule has 0 aliphatic rings. The van der Waals surface area contributed by atoms with Crippen LogP contribution in [-0.4, -0.2) is 19.9 Å². The number of halogens is 1. The lowest BCUT2D eigenvalue weighted by molar-refractivity contribution is 0.601. The molecule has 0 radical (unpaired) electrons. The van der Waals surface area contributed by atoms with Crippen molar-refractivity contribution < 1.29 is 8.42 Å².